The Balaban J connectivity index is 2.04. The SMILES string of the molecule is CCC1SCCSC1C(N)Cc1ccc(F)cc1Cl. The number of hydrogen-bond acceptors (Lipinski definition) is 3. The van der Waals surface area contributed by atoms with Crippen molar-refractivity contribution < 1.29 is 4.39 Å². The predicted octanol–water partition coefficient (Wildman–Crippen LogP) is 3.98. The highest BCUT2D eigenvalue weighted by atomic mass is 35.5. The monoisotopic (exact) mass is 319 g/mol. The molecule has 0 aromatic heterocycles. The second-order valence-electron chi connectivity index (χ2n) is 4.76. The first-order chi connectivity index (χ1) is 9.11. The number of hydrogen-bond donors (Lipinski definition) is 1. The Morgan fingerprint density at radius 3 is 2.84 bits per heavy atom. The molecule has 0 spiro atoms. The third-order valence-corrected chi connectivity index (χ3v) is 7.17. The van der Waals surface area contributed by atoms with Crippen LogP contribution < -0.4 is 5.73 Å². The fourth-order valence-corrected chi connectivity index (χ4v) is 5.83. The molecule has 1 aromatic carbocycles. The normalized spacial score (nSPS) is 25.3. The van der Waals surface area contributed by atoms with Gasteiger partial charge in [0.15, 0.2) is 0 Å². The molecule has 2 rings (SSSR count). The van der Waals surface area contributed by atoms with Crippen molar-refractivity contribution in [2.45, 2.75) is 36.3 Å². The summed E-state index contributed by atoms with van der Waals surface area (Å²) in [7, 11) is 0. The molecule has 0 bridgehead atoms. The Labute approximate surface area is 127 Å². The van der Waals surface area contributed by atoms with Crippen LogP contribution in [0.25, 0.3) is 0 Å². The van der Waals surface area contributed by atoms with Crippen molar-refractivity contribution >= 4 is 35.1 Å². The molecule has 0 saturated carbocycles. The van der Waals surface area contributed by atoms with Crippen LogP contribution >= 0.6 is 35.1 Å². The van der Waals surface area contributed by atoms with E-state index in [9.17, 15) is 4.39 Å². The van der Waals surface area contributed by atoms with Crippen molar-refractivity contribution in [2.75, 3.05) is 11.5 Å². The highest BCUT2D eigenvalue weighted by molar-refractivity contribution is 8.07. The second kappa shape index (κ2) is 7.21. The van der Waals surface area contributed by atoms with Crippen LogP contribution in [0, 0.1) is 5.82 Å². The molecule has 19 heavy (non-hydrogen) atoms. The standard InChI is InChI=1S/C14H19ClFNS2/c1-2-13-14(19-6-5-18-13)12(17)7-9-3-4-10(16)8-11(9)15/h3-4,8,12-14H,2,5-7,17H2,1H3. The molecule has 3 atom stereocenters. The highest BCUT2D eigenvalue weighted by Gasteiger charge is 2.30. The molecule has 1 nitrogen and oxygen atoms in total. The maximum absolute atomic E-state index is 13.0. The summed E-state index contributed by atoms with van der Waals surface area (Å²) in [5, 5.41) is 1.56. The minimum absolute atomic E-state index is 0.0747. The number of halogens is 2. The van der Waals surface area contributed by atoms with E-state index in [1.807, 2.05) is 23.5 Å². The van der Waals surface area contributed by atoms with Crippen molar-refractivity contribution in [3.63, 3.8) is 0 Å². The van der Waals surface area contributed by atoms with E-state index in [0.717, 1.165) is 17.7 Å². The molecular formula is C14H19ClFNS2. The molecular weight excluding hydrogens is 301 g/mol. The van der Waals surface area contributed by atoms with Gasteiger partial charge in [0.2, 0.25) is 0 Å². The molecule has 1 aliphatic heterocycles. The Bertz CT molecular complexity index is 430. The molecule has 106 valence electrons. The summed E-state index contributed by atoms with van der Waals surface area (Å²) in [4.78, 5) is 0. The van der Waals surface area contributed by atoms with Crippen molar-refractivity contribution in [1.82, 2.24) is 0 Å². The molecule has 3 unspecified atom stereocenters. The number of benzene rings is 1. The molecule has 1 fully saturated rings. The molecule has 1 saturated heterocycles. The number of nitrogens with two attached hydrogens (primary N) is 1. The van der Waals surface area contributed by atoms with E-state index in [1.165, 1.54) is 17.9 Å². The summed E-state index contributed by atoms with van der Waals surface area (Å²) in [6.07, 6.45) is 1.86. The maximum atomic E-state index is 13.0. The zero-order chi connectivity index (χ0) is 13.8. The van der Waals surface area contributed by atoms with Crippen molar-refractivity contribution in [2.24, 2.45) is 5.73 Å². The van der Waals surface area contributed by atoms with Gasteiger partial charge >= 0.3 is 0 Å². The first-order valence-corrected chi connectivity index (χ1v) is 9.02. The summed E-state index contributed by atoms with van der Waals surface area (Å²) in [5.41, 5.74) is 7.31. The molecule has 1 aliphatic rings. The van der Waals surface area contributed by atoms with Gasteiger partial charge in [-0.05, 0) is 30.5 Å². The van der Waals surface area contributed by atoms with E-state index in [2.05, 4.69) is 6.92 Å². The lowest BCUT2D eigenvalue weighted by atomic mass is 10.0. The molecule has 2 N–H and O–H groups in total. The fraction of sp³-hybridized carbons (Fsp3) is 0.571. The van der Waals surface area contributed by atoms with Crippen molar-refractivity contribution in [3.8, 4) is 0 Å². The Kier molecular flexibility index (Phi) is 5.87. The molecule has 0 amide bonds. The van der Waals surface area contributed by atoms with Crippen LogP contribution in [0.3, 0.4) is 0 Å². The molecule has 1 aromatic rings. The average Bonchev–Trinajstić information content (AvgIpc) is 2.41. The molecule has 1 heterocycles. The smallest absolute Gasteiger partial charge is 0.124 e. The quantitative estimate of drug-likeness (QED) is 0.909. The minimum atomic E-state index is -0.295. The number of thioether (sulfide) groups is 2. The van der Waals surface area contributed by atoms with E-state index in [-0.39, 0.29) is 11.9 Å². The largest absolute Gasteiger partial charge is 0.326 e. The zero-order valence-electron chi connectivity index (χ0n) is 10.9. The third-order valence-electron chi connectivity index (χ3n) is 3.39. The maximum Gasteiger partial charge on any atom is 0.124 e. The lowest BCUT2D eigenvalue weighted by Gasteiger charge is -2.34. The Morgan fingerprint density at radius 2 is 2.16 bits per heavy atom. The molecule has 5 heteroatoms. The summed E-state index contributed by atoms with van der Waals surface area (Å²) in [6, 6.07) is 4.64. The second-order valence-corrected chi connectivity index (χ2v) is 7.80. The van der Waals surface area contributed by atoms with Gasteiger partial charge < -0.3 is 5.73 Å². The third kappa shape index (κ3) is 4.03. The Morgan fingerprint density at radius 1 is 1.42 bits per heavy atom. The lowest BCUT2D eigenvalue weighted by Crippen LogP contribution is -2.43. The minimum Gasteiger partial charge on any atom is -0.326 e. The number of rotatable bonds is 4. The van der Waals surface area contributed by atoms with Crippen LogP contribution in [0.4, 0.5) is 4.39 Å². The van der Waals surface area contributed by atoms with Gasteiger partial charge in [0.25, 0.3) is 0 Å². The van der Waals surface area contributed by atoms with Crippen LogP contribution in [0.2, 0.25) is 5.02 Å². The van der Waals surface area contributed by atoms with Gasteiger partial charge in [-0.1, -0.05) is 24.6 Å². The van der Waals surface area contributed by atoms with Gasteiger partial charge in [-0.25, -0.2) is 4.39 Å². The van der Waals surface area contributed by atoms with E-state index >= 15 is 0 Å². The van der Waals surface area contributed by atoms with E-state index in [4.69, 9.17) is 17.3 Å². The Hall–Kier alpha value is 0.1000. The van der Waals surface area contributed by atoms with Gasteiger partial charge in [0.1, 0.15) is 5.82 Å². The van der Waals surface area contributed by atoms with E-state index in [0.29, 0.717) is 21.9 Å². The van der Waals surface area contributed by atoms with Gasteiger partial charge in [-0.15, -0.1) is 0 Å². The van der Waals surface area contributed by atoms with Gasteiger partial charge in [0.05, 0.1) is 0 Å². The van der Waals surface area contributed by atoms with Gasteiger partial charge in [0, 0.05) is 33.1 Å². The van der Waals surface area contributed by atoms with Crippen LogP contribution in [-0.4, -0.2) is 28.0 Å². The van der Waals surface area contributed by atoms with E-state index < -0.39 is 0 Å². The first kappa shape index (κ1) is 15.5. The summed E-state index contributed by atoms with van der Waals surface area (Å²) >= 11 is 10.1. The lowest BCUT2D eigenvalue weighted by molar-refractivity contribution is 0.594. The van der Waals surface area contributed by atoms with Crippen LogP contribution in [0.1, 0.15) is 18.9 Å². The predicted molar refractivity (Wildman–Crippen MR) is 85.9 cm³/mol. The van der Waals surface area contributed by atoms with Crippen LogP contribution in [0.5, 0.6) is 0 Å². The average molecular weight is 320 g/mol. The highest BCUT2D eigenvalue weighted by Crippen LogP contribution is 2.35. The van der Waals surface area contributed by atoms with E-state index in [1.54, 1.807) is 6.07 Å². The summed E-state index contributed by atoms with van der Waals surface area (Å²) in [6.45, 7) is 2.22. The van der Waals surface area contributed by atoms with Crippen molar-refractivity contribution in [1.29, 1.82) is 0 Å². The summed E-state index contributed by atoms with van der Waals surface area (Å²) in [5.74, 6) is 2.08. The topological polar surface area (TPSA) is 26.0 Å². The fourth-order valence-electron chi connectivity index (χ4n) is 2.39. The zero-order valence-corrected chi connectivity index (χ0v) is 13.3. The van der Waals surface area contributed by atoms with Crippen LogP contribution in [0.15, 0.2) is 18.2 Å². The van der Waals surface area contributed by atoms with Crippen molar-refractivity contribution in [3.05, 3.63) is 34.6 Å². The van der Waals surface area contributed by atoms with Crippen LogP contribution in [-0.2, 0) is 6.42 Å². The molecule has 0 aliphatic carbocycles. The van der Waals surface area contributed by atoms with Gasteiger partial charge in [-0.2, -0.15) is 23.5 Å². The van der Waals surface area contributed by atoms with Gasteiger partial charge in [-0.3, -0.25) is 0 Å². The first-order valence-electron chi connectivity index (χ1n) is 6.54. The summed E-state index contributed by atoms with van der Waals surface area (Å²) < 4.78 is 13.0. The molecule has 0 radical (unpaired) electrons.